The molecule has 0 saturated heterocycles. The molecule has 4 bridgehead atoms. The number of nitrogens with zero attached hydrogens (tertiary/aromatic N) is 4. The number of carboxylic acids is 2. The van der Waals surface area contributed by atoms with Crippen LogP contribution in [0.5, 0.6) is 0 Å². The van der Waals surface area contributed by atoms with E-state index >= 15 is 0 Å². The van der Waals surface area contributed by atoms with Crippen LogP contribution in [0.2, 0.25) is 0 Å². The molecule has 0 spiro atoms. The number of hydrogen-bond acceptors (Lipinski definition) is 7. The van der Waals surface area contributed by atoms with Crippen LogP contribution >= 0.6 is 0 Å². The van der Waals surface area contributed by atoms with Crippen LogP contribution in [0, 0.1) is 21.7 Å². The Kier molecular flexibility index (Phi) is 5.70. The summed E-state index contributed by atoms with van der Waals surface area (Å²) in [4.78, 5) is 45.5. The van der Waals surface area contributed by atoms with Gasteiger partial charge in [0.15, 0.2) is 11.5 Å². The van der Waals surface area contributed by atoms with E-state index in [0.717, 1.165) is 63.6 Å². The molecule has 0 unspecified atom stereocenters. The molecule has 6 saturated carbocycles. The van der Waals surface area contributed by atoms with E-state index in [0.29, 0.717) is 43.4 Å². The van der Waals surface area contributed by atoms with Crippen LogP contribution in [-0.2, 0) is 16.6 Å². The zero-order chi connectivity index (χ0) is 26.8. The standard InChI is InChI=1S/C27H36N6O5/c1-33-20(28-14-24-2-8-26(9-3-24,10-4-24)22(35)36)18-17(32-33)19(31-16-30-18)21(34)29-15-25-5-11-27(12-6-25,13-7-25)23(37)38/h16,28H,2-15H2,1H3,(H,29,34)(H,35,36)(H,37,38). The van der Waals surface area contributed by atoms with E-state index in [-0.39, 0.29) is 22.4 Å². The first-order valence-electron chi connectivity index (χ1n) is 13.8. The summed E-state index contributed by atoms with van der Waals surface area (Å²) < 4.78 is 1.70. The monoisotopic (exact) mass is 524 g/mol. The van der Waals surface area contributed by atoms with Crippen LogP contribution < -0.4 is 10.6 Å². The normalized spacial score (nSPS) is 33.8. The molecule has 6 aliphatic carbocycles. The summed E-state index contributed by atoms with van der Waals surface area (Å²) in [5.74, 6) is -0.897. The molecule has 38 heavy (non-hydrogen) atoms. The molecule has 6 fully saturated rings. The molecule has 1 amide bonds. The summed E-state index contributed by atoms with van der Waals surface area (Å²) in [7, 11) is 1.82. The fourth-order valence-electron chi connectivity index (χ4n) is 7.69. The van der Waals surface area contributed by atoms with Crippen LogP contribution in [0.25, 0.3) is 11.0 Å². The molecular weight excluding hydrogens is 488 g/mol. The lowest BCUT2D eigenvalue weighted by Gasteiger charge is -2.51. The summed E-state index contributed by atoms with van der Waals surface area (Å²) in [5.41, 5.74) is 0.183. The van der Waals surface area contributed by atoms with Crippen LogP contribution in [0.1, 0.15) is 87.5 Å². The SMILES string of the molecule is Cn1nc2c(C(=O)NCC34CCC(C(=O)O)(CC3)CC4)ncnc2c1NCC12CCC(C(=O)O)(CC1)CC2. The largest absolute Gasteiger partial charge is 0.481 e. The molecule has 0 atom stereocenters. The molecule has 4 N–H and O–H groups in total. The van der Waals surface area contributed by atoms with Gasteiger partial charge in [0.1, 0.15) is 17.4 Å². The van der Waals surface area contributed by atoms with E-state index in [1.807, 2.05) is 7.05 Å². The predicted molar refractivity (Wildman–Crippen MR) is 138 cm³/mol. The first-order valence-corrected chi connectivity index (χ1v) is 13.8. The fraction of sp³-hybridized carbons (Fsp3) is 0.704. The van der Waals surface area contributed by atoms with Crippen molar-refractivity contribution in [3.8, 4) is 0 Å². The van der Waals surface area contributed by atoms with E-state index in [4.69, 9.17) is 0 Å². The molecule has 6 aliphatic rings. The molecule has 204 valence electrons. The summed E-state index contributed by atoms with van der Waals surface area (Å²) in [5, 5.41) is 30.5. The third-order valence-electron chi connectivity index (χ3n) is 10.8. The second-order valence-corrected chi connectivity index (χ2v) is 12.6. The van der Waals surface area contributed by atoms with Crippen molar-refractivity contribution in [2.75, 3.05) is 18.4 Å². The van der Waals surface area contributed by atoms with Gasteiger partial charge in [0.25, 0.3) is 5.91 Å². The number of aryl methyl sites for hydroxylation is 1. The molecule has 2 heterocycles. The Hall–Kier alpha value is -3.24. The van der Waals surface area contributed by atoms with Gasteiger partial charge in [-0.05, 0) is 87.9 Å². The quantitative estimate of drug-likeness (QED) is 0.406. The topological polar surface area (TPSA) is 159 Å². The number of hydrogen-bond donors (Lipinski definition) is 4. The maximum Gasteiger partial charge on any atom is 0.309 e. The van der Waals surface area contributed by atoms with E-state index in [9.17, 15) is 24.6 Å². The van der Waals surface area contributed by atoms with Crippen LogP contribution in [0.15, 0.2) is 6.33 Å². The van der Waals surface area contributed by atoms with Crippen LogP contribution in [-0.4, -0.2) is 60.9 Å². The average Bonchev–Trinajstić information content (AvgIpc) is 3.27. The lowest BCUT2D eigenvalue weighted by molar-refractivity contribution is -0.159. The highest BCUT2D eigenvalue weighted by molar-refractivity contribution is 6.04. The number of aliphatic carboxylic acids is 2. The smallest absolute Gasteiger partial charge is 0.309 e. The minimum Gasteiger partial charge on any atom is -0.481 e. The van der Waals surface area contributed by atoms with Crippen molar-refractivity contribution in [2.24, 2.45) is 28.7 Å². The van der Waals surface area contributed by atoms with Crippen molar-refractivity contribution in [1.82, 2.24) is 25.1 Å². The Morgan fingerprint density at radius 2 is 1.29 bits per heavy atom. The van der Waals surface area contributed by atoms with E-state index in [1.54, 1.807) is 4.68 Å². The van der Waals surface area contributed by atoms with Crippen molar-refractivity contribution in [3.05, 3.63) is 12.0 Å². The predicted octanol–water partition coefficient (Wildman–Crippen LogP) is 3.36. The molecule has 11 heteroatoms. The zero-order valence-corrected chi connectivity index (χ0v) is 21.9. The second-order valence-electron chi connectivity index (χ2n) is 12.6. The molecule has 8 rings (SSSR count). The van der Waals surface area contributed by atoms with Crippen molar-refractivity contribution >= 4 is 34.7 Å². The average molecular weight is 525 g/mol. The number of carbonyl (C=O) groups is 3. The molecule has 2 aromatic heterocycles. The lowest BCUT2D eigenvalue weighted by Crippen LogP contribution is -2.50. The van der Waals surface area contributed by atoms with E-state index in [2.05, 4.69) is 25.7 Å². The summed E-state index contributed by atoms with van der Waals surface area (Å²) in [6.07, 6.45) is 10.7. The molecule has 11 nitrogen and oxygen atoms in total. The minimum absolute atomic E-state index is 0.0483. The fourth-order valence-corrected chi connectivity index (χ4v) is 7.69. The maximum absolute atomic E-state index is 13.2. The third kappa shape index (κ3) is 3.84. The van der Waals surface area contributed by atoms with Crippen molar-refractivity contribution in [2.45, 2.75) is 77.0 Å². The number of rotatable bonds is 8. The van der Waals surface area contributed by atoms with Gasteiger partial charge in [-0.15, -0.1) is 0 Å². The van der Waals surface area contributed by atoms with Gasteiger partial charge in [-0.1, -0.05) is 0 Å². The summed E-state index contributed by atoms with van der Waals surface area (Å²) in [6.45, 7) is 1.22. The molecule has 0 aliphatic heterocycles. The van der Waals surface area contributed by atoms with E-state index < -0.39 is 22.8 Å². The minimum atomic E-state index is -0.683. The molecule has 2 aromatic rings. The Labute approximate surface area is 220 Å². The van der Waals surface area contributed by atoms with Crippen molar-refractivity contribution in [1.29, 1.82) is 0 Å². The number of amides is 1. The number of aromatic nitrogens is 4. The van der Waals surface area contributed by atoms with Gasteiger partial charge in [0.2, 0.25) is 0 Å². The number of carboxylic acid groups (broad SMARTS) is 2. The lowest BCUT2D eigenvalue weighted by atomic mass is 9.53. The highest BCUT2D eigenvalue weighted by Gasteiger charge is 2.53. The Balaban J connectivity index is 1.14. The Morgan fingerprint density at radius 1 is 0.789 bits per heavy atom. The van der Waals surface area contributed by atoms with Crippen molar-refractivity contribution < 1.29 is 24.6 Å². The number of nitrogens with one attached hydrogen (secondary N) is 2. The molecule has 0 radical (unpaired) electrons. The molecular formula is C27H36N6O5. The van der Waals surface area contributed by atoms with Gasteiger partial charge < -0.3 is 20.8 Å². The van der Waals surface area contributed by atoms with Crippen LogP contribution in [0.3, 0.4) is 0 Å². The van der Waals surface area contributed by atoms with Gasteiger partial charge in [0.05, 0.1) is 10.8 Å². The second kappa shape index (κ2) is 8.64. The zero-order valence-electron chi connectivity index (χ0n) is 21.9. The highest BCUT2D eigenvalue weighted by atomic mass is 16.4. The van der Waals surface area contributed by atoms with Crippen molar-refractivity contribution in [3.63, 3.8) is 0 Å². The third-order valence-corrected chi connectivity index (χ3v) is 10.8. The summed E-state index contributed by atoms with van der Waals surface area (Å²) >= 11 is 0. The van der Waals surface area contributed by atoms with Gasteiger partial charge in [-0.2, -0.15) is 5.10 Å². The Bertz CT molecular complexity index is 1270. The Morgan fingerprint density at radius 3 is 1.79 bits per heavy atom. The van der Waals surface area contributed by atoms with Crippen LogP contribution in [0.4, 0.5) is 5.82 Å². The van der Waals surface area contributed by atoms with Gasteiger partial charge >= 0.3 is 11.9 Å². The van der Waals surface area contributed by atoms with E-state index in [1.165, 1.54) is 6.33 Å². The van der Waals surface area contributed by atoms with Gasteiger partial charge in [0, 0.05) is 20.1 Å². The first kappa shape index (κ1) is 25.1. The number of anilines is 1. The number of fused-ring (bicyclic) bond motifs is 7. The maximum atomic E-state index is 13.2. The first-order chi connectivity index (χ1) is 18.1. The summed E-state index contributed by atoms with van der Waals surface area (Å²) in [6, 6.07) is 0. The number of carbonyl (C=O) groups excluding carboxylic acids is 1. The van der Waals surface area contributed by atoms with Gasteiger partial charge in [-0.3, -0.25) is 19.1 Å². The highest BCUT2D eigenvalue weighted by Crippen LogP contribution is 2.58. The van der Waals surface area contributed by atoms with Gasteiger partial charge in [-0.25, -0.2) is 9.97 Å². The molecule has 0 aromatic carbocycles.